The van der Waals surface area contributed by atoms with E-state index >= 15 is 0 Å². The van der Waals surface area contributed by atoms with Crippen LogP contribution in [0, 0.1) is 0 Å². The van der Waals surface area contributed by atoms with Gasteiger partial charge in [0, 0.05) is 36.8 Å². The number of nitrogens with zero attached hydrogens (tertiary/aromatic N) is 1. The highest BCUT2D eigenvalue weighted by atomic mass is 32.1. The van der Waals surface area contributed by atoms with Gasteiger partial charge in [0.05, 0.1) is 16.8 Å². The van der Waals surface area contributed by atoms with Crippen LogP contribution < -0.4 is 4.90 Å². The lowest BCUT2D eigenvalue weighted by atomic mass is 9.98. The number of furan rings is 1. The van der Waals surface area contributed by atoms with Crippen LogP contribution in [-0.4, -0.2) is 0 Å². The summed E-state index contributed by atoms with van der Waals surface area (Å²) in [7, 11) is 0. The summed E-state index contributed by atoms with van der Waals surface area (Å²) >= 11 is 1.85. The van der Waals surface area contributed by atoms with Gasteiger partial charge < -0.3 is 9.32 Å². The summed E-state index contributed by atoms with van der Waals surface area (Å²) in [6, 6.07) is 63.4. The molecule has 0 radical (unpaired) electrons. The van der Waals surface area contributed by atoms with E-state index in [0.717, 1.165) is 39.0 Å². The largest absolute Gasteiger partial charge is 0.456 e. The second-order valence-electron chi connectivity index (χ2n) is 12.5. The average molecular weight is 644 g/mol. The van der Waals surface area contributed by atoms with Crippen LogP contribution in [0.3, 0.4) is 0 Å². The third-order valence-electron chi connectivity index (χ3n) is 9.64. The third-order valence-corrected chi connectivity index (χ3v) is 10.8. The summed E-state index contributed by atoms with van der Waals surface area (Å²) < 4.78 is 9.03. The summed E-state index contributed by atoms with van der Waals surface area (Å²) in [4.78, 5) is 2.42. The van der Waals surface area contributed by atoms with Crippen molar-refractivity contribution in [2.75, 3.05) is 4.90 Å². The van der Waals surface area contributed by atoms with Gasteiger partial charge >= 0.3 is 0 Å². The molecule has 230 valence electrons. The van der Waals surface area contributed by atoms with E-state index in [4.69, 9.17) is 4.42 Å². The van der Waals surface area contributed by atoms with Gasteiger partial charge in [-0.3, -0.25) is 0 Å². The summed E-state index contributed by atoms with van der Waals surface area (Å²) in [6.07, 6.45) is 0. The molecule has 2 nitrogen and oxygen atoms in total. The van der Waals surface area contributed by atoms with Crippen LogP contribution in [-0.2, 0) is 0 Å². The zero-order chi connectivity index (χ0) is 32.3. The van der Waals surface area contributed by atoms with Crippen LogP contribution in [0.4, 0.5) is 17.1 Å². The smallest absolute Gasteiger partial charge is 0.137 e. The Labute approximate surface area is 287 Å². The van der Waals surface area contributed by atoms with Gasteiger partial charge in [-0.2, -0.15) is 0 Å². The van der Waals surface area contributed by atoms with Crippen LogP contribution >= 0.6 is 11.3 Å². The van der Waals surface area contributed by atoms with E-state index in [1.54, 1.807) is 0 Å². The predicted molar refractivity (Wildman–Crippen MR) is 210 cm³/mol. The van der Waals surface area contributed by atoms with Gasteiger partial charge in [-0.05, 0) is 88.1 Å². The standard InChI is InChI=1S/C46H29NOS/c1-2-12-31-27-33(24-23-30(31)11-1)32-13-9-14-35(28-32)47(41-19-10-21-43-46(41)38-17-4-7-20-42(38)48-43)40-18-6-3-15-36(40)34-25-26-45-39(29-34)37-16-5-8-22-44(37)49-45/h1-29H. The Morgan fingerprint density at radius 1 is 0.408 bits per heavy atom. The Morgan fingerprint density at radius 2 is 1.10 bits per heavy atom. The number of thiophene rings is 1. The van der Waals surface area contributed by atoms with Gasteiger partial charge in [0.25, 0.3) is 0 Å². The minimum atomic E-state index is 0.873. The maximum absolute atomic E-state index is 6.42. The quantitative estimate of drug-likeness (QED) is 0.186. The Morgan fingerprint density at radius 3 is 2.06 bits per heavy atom. The molecule has 0 spiro atoms. The lowest BCUT2D eigenvalue weighted by Crippen LogP contribution is -2.11. The second-order valence-corrected chi connectivity index (χ2v) is 13.6. The van der Waals surface area contributed by atoms with Crippen molar-refractivity contribution in [2.24, 2.45) is 0 Å². The molecule has 0 aliphatic heterocycles. The van der Waals surface area contributed by atoms with E-state index in [0.29, 0.717) is 0 Å². The number of benzene rings is 8. The molecule has 2 aromatic heterocycles. The van der Waals surface area contributed by atoms with Gasteiger partial charge in [0.1, 0.15) is 11.2 Å². The molecule has 0 atom stereocenters. The molecule has 0 N–H and O–H groups in total. The van der Waals surface area contributed by atoms with Crippen molar-refractivity contribution in [1.29, 1.82) is 0 Å². The van der Waals surface area contributed by atoms with Crippen molar-refractivity contribution < 1.29 is 4.42 Å². The minimum absolute atomic E-state index is 0.873. The van der Waals surface area contributed by atoms with Crippen molar-refractivity contribution in [3.05, 3.63) is 176 Å². The molecule has 0 fully saturated rings. The number of rotatable bonds is 5. The lowest BCUT2D eigenvalue weighted by molar-refractivity contribution is 0.669. The monoisotopic (exact) mass is 643 g/mol. The zero-order valence-corrected chi connectivity index (χ0v) is 27.3. The van der Waals surface area contributed by atoms with Crippen molar-refractivity contribution in [3.8, 4) is 22.3 Å². The second kappa shape index (κ2) is 11.2. The molecule has 0 saturated heterocycles. The predicted octanol–water partition coefficient (Wildman–Crippen LogP) is 13.9. The van der Waals surface area contributed by atoms with Crippen LogP contribution in [0.5, 0.6) is 0 Å². The molecule has 2 heterocycles. The molecule has 10 aromatic rings. The molecule has 0 saturated carbocycles. The summed E-state index contributed by atoms with van der Waals surface area (Å²) in [5, 5.41) is 7.28. The maximum Gasteiger partial charge on any atom is 0.137 e. The molecule has 3 heteroatoms. The van der Waals surface area contributed by atoms with Gasteiger partial charge in [0.2, 0.25) is 0 Å². The molecular weight excluding hydrogens is 615 g/mol. The van der Waals surface area contributed by atoms with Crippen molar-refractivity contribution in [2.45, 2.75) is 0 Å². The van der Waals surface area contributed by atoms with Crippen LogP contribution in [0.1, 0.15) is 0 Å². The van der Waals surface area contributed by atoms with E-state index in [1.165, 1.54) is 53.2 Å². The van der Waals surface area contributed by atoms with E-state index in [-0.39, 0.29) is 0 Å². The van der Waals surface area contributed by atoms with Crippen LogP contribution in [0.25, 0.3) is 75.1 Å². The molecule has 49 heavy (non-hydrogen) atoms. The normalized spacial score (nSPS) is 11.7. The van der Waals surface area contributed by atoms with Gasteiger partial charge in [-0.1, -0.05) is 115 Å². The fraction of sp³-hybridized carbons (Fsp3) is 0. The van der Waals surface area contributed by atoms with Crippen molar-refractivity contribution in [1.82, 2.24) is 0 Å². The minimum Gasteiger partial charge on any atom is -0.456 e. The van der Waals surface area contributed by atoms with E-state index < -0.39 is 0 Å². The first-order chi connectivity index (χ1) is 24.3. The summed E-state index contributed by atoms with van der Waals surface area (Å²) in [5.41, 5.74) is 9.74. The molecular formula is C46H29NOS. The lowest BCUT2D eigenvalue weighted by Gasteiger charge is -2.29. The third kappa shape index (κ3) is 4.62. The average Bonchev–Trinajstić information content (AvgIpc) is 3.74. The van der Waals surface area contributed by atoms with Gasteiger partial charge in [-0.15, -0.1) is 11.3 Å². The molecule has 0 aliphatic rings. The molecule has 8 aromatic carbocycles. The highest BCUT2D eigenvalue weighted by molar-refractivity contribution is 7.25. The van der Waals surface area contributed by atoms with Gasteiger partial charge in [0.15, 0.2) is 0 Å². The fourth-order valence-electron chi connectivity index (χ4n) is 7.35. The highest BCUT2D eigenvalue weighted by Crippen LogP contribution is 2.47. The fourth-order valence-corrected chi connectivity index (χ4v) is 8.44. The van der Waals surface area contributed by atoms with Gasteiger partial charge in [-0.25, -0.2) is 0 Å². The first kappa shape index (κ1) is 27.9. The van der Waals surface area contributed by atoms with Crippen LogP contribution in [0.2, 0.25) is 0 Å². The molecule has 0 aliphatic carbocycles. The van der Waals surface area contributed by atoms with E-state index in [2.05, 4.69) is 175 Å². The summed E-state index contributed by atoms with van der Waals surface area (Å²) in [6.45, 7) is 0. The number of fused-ring (bicyclic) bond motifs is 7. The molecule has 0 bridgehead atoms. The van der Waals surface area contributed by atoms with E-state index in [9.17, 15) is 0 Å². The first-order valence-electron chi connectivity index (χ1n) is 16.6. The van der Waals surface area contributed by atoms with Crippen molar-refractivity contribution in [3.63, 3.8) is 0 Å². The molecule has 10 rings (SSSR count). The number of hydrogen-bond acceptors (Lipinski definition) is 3. The Hall–Kier alpha value is -6.16. The maximum atomic E-state index is 6.42. The molecule has 0 amide bonds. The number of anilines is 3. The number of hydrogen-bond donors (Lipinski definition) is 0. The summed E-state index contributed by atoms with van der Waals surface area (Å²) in [5.74, 6) is 0. The van der Waals surface area contributed by atoms with Crippen LogP contribution in [0.15, 0.2) is 180 Å². The SMILES string of the molecule is c1cc(-c2ccc3ccccc3c2)cc(N(c2ccccc2-c2ccc3sc4ccccc4c3c2)c2cccc3oc4ccccc4c23)c1. The topological polar surface area (TPSA) is 16.4 Å². The Bertz CT molecular complexity index is 2860. The highest BCUT2D eigenvalue weighted by Gasteiger charge is 2.22. The molecule has 0 unspecified atom stereocenters. The van der Waals surface area contributed by atoms with E-state index in [1.807, 2.05) is 17.4 Å². The number of para-hydroxylation sites is 2. The first-order valence-corrected chi connectivity index (χ1v) is 17.4. The Balaban J connectivity index is 1.22. The Kier molecular flexibility index (Phi) is 6.39. The van der Waals surface area contributed by atoms with Crippen molar-refractivity contribution >= 4 is 81.3 Å². The zero-order valence-electron chi connectivity index (χ0n) is 26.5.